The SMILES string of the molecule is CC.CC1(CC#N)CCN(Cc2ccc(C3=CCCC3)c(O)c2)CC1F. The first-order chi connectivity index (χ1) is 12.5. The first-order valence-corrected chi connectivity index (χ1v) is 9.76. The summed E-state index contributed by atoms with van der Waals surface area (Å²) in [6, 6.07) is 7.94. The topological polar surface area (TPSA) is 47.3 Å². The molecule has 1 saturated heterocycles. The van der Waals surface area contributed by atoms with E-state index in [0.717, 1.165) is 36.9 Å². The number of halogens is 1. The van der Waals surface area contributed by atoms with Crippen molar-refractivity contribution in [3.63, 3.8) is 0 Å². The van der Waals surface area contributed by atoms with E-state index in [4.69, 9.17) is 5.26 Å². The standard InChI is InChI=1S/C20H25FN2O.C2H6/c1-20(8-10-22)9-11-23(14-19(20)21)13-15-6-7-17(18(24)12-15)16-4-2-3-5-16;1-2/h4,6-7,12,19,24H,2-3,5,8-9,11,13-14H2,1H3;1-2H3. The summed E-state index contributed by atoms with van der Waals surface area (Å²) in [4.78, 5) is 2.08. The maximum absolute atomic E-state index is 14.5. The van der Waals surface area contributed by atoms with E-state index in [1.807, 2.05) is 39.0 Å². The minimum absolute atomic E-state index is 0.270. The molecule has 2 atom stereocenters. The van der Waals surface area contributed by atoms with Gasteiger partial charge in [0.1, 0.15) is 11.9 Å². The molecule has 26 heavy (non-hydrogen) atoms. The molecule has 0 radical (unpaired) electrons. The lowest BCUT2D eigenvalue weighted by atomic mass is 9.76. The van der Waals surface area contributed by atoms with Gasteiger partial charge in [-0.3, -0.25) is 4.90 Å². The van der Waals surface area contributed by atoms with Crippen molar-refractivity contribution in [2.24, 2.45) is 5.41 Å². The van der Waals surface area contributed by atoms with Crippen LogP contribution in [0.3, 0.4) is 0 Å². The number of rotatable bonds is 4. The van der Waals surface area contributed by atoms with E-state index >= 15 is 0 Å². The predicted octanol–water partition coefficient (Wildman–Crippen LogP) is 5.45. The van der Waals surface area contributed by atoms with E-state index in [-0.39, 0.29) is 6.42 Å². The number of phenolic OH excluding ortho intramolecular Hbond substituents is 1. The molecule has 142 valence electrons. The van der Waals surface area contributed by atoms with Gasteiger partial charge in [-0.1, -0.05) is 39.0 Å². The number of benzene rings is 1. The zero-order valence-corrected chi connectivity index (χ0v) is 16.3. The Labute approximate surface area is 157 Å². The summed E-state index contributed by atoms with van der Waals surface area (Å²) < 4.78 is 14.5. The zero-order valence-electron chi connectivity index (χ0n) is 16.3. The van der Waals surface area contributed by atoms with Crippen molar-refractivity contribution in [3.8, 4) is 11.8 Å². The van der Waals surface area contributed by atoms with Gasteiger partial charge in [0.25, 0.3) is 0 Å². The fourth-order valence-electron chi connectivity index (χ4n) is 3.75. The number of allylic oxidation sites excluding steroid dienone is 2. The van der Waals surface area contributed by atoms with Crippen molar-refractivity contribution in [2.45, 2.75) is 65.6 Å². The van der Waals surface area contributed by atoms with Crippen LogP contribution in [0, 0.1) is 16.7 Å². The molecule has 0 spiro atoms. The third-order valence-corrected chi connectivity index (χ3v) is 5.51. The number of alkyl halides is 1. The Morgan fingerprint density at radius 2 is 2.15 bits per heavy atom. The lowest BCUT2D eigenvalue weighted by Crippen LogP contribution is -2.47. The maximum atomic E-state index is 14.5. The first-order valence-electron chi connectivity index (χ1n) is 9.76. The number of phenols is 1. The van der Waals surface area contributed by atoms with Crippen LogP contribution in [0.15, 0.2) is 24.3 Å². The molecule has 0 amide bonds. The molecule has 1 aliphatic heterocycles. The molecule has 1 aromatic rings. The number of piperidine rings is 1. The highest BCUT2D eigenvalue weighted by Crippen LogP contribution is 2.37. The van der Waals surface area contributed by atoms with Gasteiger partial charge in [-0.15, -0.1) is 0 Å². The Balaban J connectivity index is 0.00000117. The Morgan fingerprint density at radius 1 is 1.38 bits per heavy atom. The number of nitriles is 1. The largest absolute Gasteiger partial charge is 0.507 e. The van der Waals surface area contributed by atoms with Gasteiger partial charge in [0.05, 0.1) is 6.07 Å². The van der Waals surface area contributed by atoms with Crippen LogP contribution in [0.5, 0.6) is 5.75 Å². The van der Waals surface area contributed by atoms with Crippen molar-refractivity contribution in [1.29, 1.82) is 5.26 Å². The number of aromatic hydroxyl groups is 1. The molecule has 3 rings (SSSR count). The normalized spacial score (nSPS) is 25.8. The smallest absolute Gasteiger partial charge is 0.123 e. The van der Waals surface area contributed by atoms with E-state index in [9.17, 15) is 9.50 Å². The molecular weight excluding hydrogens is 327 g/mol. The van der Waals surface area contributed by atoms with Crippen LogP contribution in [0.25, 0.3) is 5.57 Å². The van der Waals surface area contributed by atoms with Crippen molar-refractivity contribution in [2.75, 3.05) is 13.1 Å². The quantitative estimate of drug-likeness (QED) is 0.778. The highest BCUT2D eigenvalue weighted by Gasteiger charge is 2.39. The molecule has 2 unspecified atom stereocenters. The summed E-state index contributed by atoms with van der Waals surface area (Å²) >= 11 is 0. The average Bonchev–Trinajstić information content (AvgIpc) is 3.15. The van der Waals surface area contributed by atoms with Crippen LogP contribution in [0.1, 0.15) is 64.0 Å². The summed E-state index contributed by atoms with van der Waals surface area (Å²) in [5.41, 5.74) is 2.64. The van der Waals surface area contributed by atoms with E-state index < -0.39 is 11.6 Å². The maximum Gasteiger partial charge on any atom is 0.123 e. The molecule has 2 aliphatic rings. The van der Waals surface area contributed by atoms with Gasteiger partial charge in [-0.2, -0.15) is 5.26 Å². The average molecular weight is 359 g/mol. The first kappa shape index (κ1) is 20.5. The van der Waals surface area contributed by atoms with Gasteiger partial charge in [-0.05, 0) is 49.4 Å². The summed E-state index contributed by atoms with van der Waals surface area (Å²) in [6.07, 6.45) is 5.45. The van der Waals surface area contributed by atoms with Gasteiger partial charge in [-0.25, -0.2) is 4.39 Å². The van der Waals surface area contributed by atoms with Gasteiger partial charge in [0.15, 0.2) is 0 Å². The van der Waals surface area contributed by atoms with Crippen LogP contribution in [0.2, 0.25) is 0 Å². The van der Waals surface area contributed by atoms with Gasteiger partial charge < -0.3 is 5.11 Å². The Hall–Kier alpha value is -1.86. The minimum atomic E-state index is -0.984. The second kappa shape index (κ2) is 9.19. The summed E-state index contributed by atoms with van der Waals surface area (Å²) in [5.74, 6) is 0.323. The van der Waals surface area contributed by atoms with Gasteiger partial charge in [0, 0.05) is 30.5 Å². The summed E-state index contributed by atoms with van der Waals surface area (Å²) in [5, 5.41) is 19.2. The lowest BCUT2D eigenvalue weighted by molar-refractivity contribution is 0.0186. The van der Waals surface area contributed by atoms with Crippen LogP contribution < -0.4 is 0 Å². The zero-order chi connectivity index (χ0) is 19.2. The van der Waals surface area contributed by atoms with Gasteiger partial charge in [0.2, 0.25) is 0 Å². The second-order valence-corrected chi connectivity index (χ2v) is 7.41. The van der Waals surface area contributed by atoms with Crippen LogP contribution in [-0.4, -0.2) is 29.3 Å². The highest BCUT2D eigenvalue weighted by molar-refractivity contribution is 5.71. The predicted molar refractivity (Wildman–Crippen MR) is 104 cm³/mol. The number of likely N-dealkylation sites (tertiary alicyclic amines) is 1. The molecule has 0 bridgehead atoms. The second-order valence-electron chi connectivity index (χ2n) is 7.41. The monoisotopic (exact) mass is 358 g/mol. The fraction of sp³-hybridized carbons (Fsp3) is 0.591. The molecule has 1 fully saturated rings. The summed E-state index contributed by atoms with van der Waals surface area (Å²) in [7, 11) is 0. The molecule has 3 nitrogen and oxygen atoms in total. The minimum Gasteiger partial charge on any atom is -0.507 e. The lowest BCUT2D eigenvalue weighted by Gasteiger charge is -2.41. The third kappa shape index (κ3) is 4.65. The van der Waals surface area contributed by atoms with Crippen LogP contribution >= 0.6 is 0 Å². The van der Waals surface area contributed by atoms with Crippen molar-refractivity contribution in [3.05, 3.63) is 35.4 Å². The Morgan fingerprint density at radius 3 is 2.73 bits per heavy atom. The van der Waals surface area contributed by atoms with E-state index in [0.29, 0.717) is 25.3 Å². The molecule has 0 saturated carbocycles. The van der Waals surface area contributed by atoms with Crippen molar-refractivity contribution < 1.29 is 9.50 Å². The third-order valence-electron chi connectivity index (χ3n) is 5.51. The Kier molecular flexibility index (Phi) is 7.23. The molecule has 0 aromatic heterocycles. The van der Waals surface area contributed by atoms with E-state index in [1.54, 1.807) is 0 Å². The van der Waals surface area contributed by atoms with Crippen LogP contribution in [0.4, 0.5) is 4.39 Å². The van der Waals surface area contributed by atoms with Gasteiger partial charge >= 0.3 is 0 Å². The molecule has 1 heterocycles. The van der Waals surface area contributed by atoms with E-state index in [1.165, 1.54) is 5.57 Å². The molecule has 1 aliphatic carbocycles. The summed E-state index contributed by atoms with van der Waals surface area (Å²) in [6.45, 7) is 7.64. The molecule has 1 aromatic carbocycles. The van der Waals surface area contributed by atoms with E-state index in [2.05, 4.69) is 17.0 Å². The molecular formula is C22H31FN2O. The highest BCUT2D eigenvalue weighted by atomic mass is 19.1. The number of hydrogen-bond acceptors (Lipinski definition) is 3. The molecule has 1 N–H and O–H groups in total. The number of nitrogens with zero attached hydrogens (tertiary/aromatic N) is 2. The van der Waals surface area contributed by atoms with Crippen molar-refractivity contribution >= 4 is 5.57 Å². The number of hydrogen-bond donors (Lipinski definition) is 1. The van der Waals surface area contributed by atoms with Crippen LogP contribution in [-0.2, 0) is 6.54 Å². The Bertz CT molecular complexity index is 679. The van der Waals surface area contributed by atoms with Crippen molar-refractivity contribution in [1.82, 2.24) is 4.90 Å². The fourth-order valence-corrected chi connectivity index (χ4v) is 3.75. The molecule has 4 heteroatoms.